The lowest BCUT2D eigenvalue weighted by Gasteiger charge is -2.38. The average Bonchev–Trinajstić information content (AvgIpc) is 2.48. The number of anilines is 1. The first-order valence-electron chi connectivity index (χ1n) is 7.64. The van der Waals surface area contributed by atoms with Gasteiger partial charge in [-0.25, -0.2) is 18.7 Å². The molecule has 0 spiro atoms. The van der Waals surface area contributed by atoms with Crippen LogP contribution in [0.15, 0.2) is 18.5 Å². The smallest absolute Gasteiger partial charge is 0.161 e. The molecule has 1 N–H and O–H groups in total. The second kappa shape index (κ2) is 6.33. The van der Waals surface area contributed by atoms with E-state index in [9.17, 15) is 8.78 Å². The first-order chi connectivity index (χ1) is 10.9. The third-order valence-electron chi connectivity index (χ3n) is 3.90. The largest absolute Gasteiger partial charge is 0.373 e. The molecule has 0 unspecified atom stereocenters. The maximum Gasteiger partial charge on any atom is 0.161 e. The molecule has 23 heavy (non-hydrogen) atoms. The minimum Gasteiger partial charge on any atom is -0.373 e. The topological polar surface area (TPSA) is 50.3 Å². The lowest BCUT2D eigenvalue weighted by molar-refractivity contribution is -0.0848. The molecule has 5 nitrogen and oxygen atoms in total. The number of nitrogens with zero attached hydrogens (tertiary/aromatic N) is 3. The van der Waals surface area contributed by atoms with Crippen molar-refractivity contribution in [1.82, 2.24) is 14.9 Å². The van der Waals surface area contributed by atoms with E-state index in [0.29, 0.717) is 29.9 Å². The number of halogens is 2. The molecule has 1 saturated heterocycles. The van der Waals surface area contributed by atoms with Crippen molar-refractivity contribution >= 4 is 16.7 Å². The van der Waals surface area contributed by atoms with E-state index >= 15 is 0 Å². The number of hydrogen-bond acceptors (Lipinski definition) is 5. The predicted molar refractivity (Wildman–Crippen MR) is 84.4 cm³/mol. The molecule has 1 aromatic carbocycles. The lowest BCUT2D eigenvalue weighted by atomic mass is 10.1. The van der Waals surface area contributed by atoms with E-state index in [1.54, 1.807) is 0 Å². The van der Waals surface area contributed by atoms with Crippen LogP contribution in [0.5, 0.6) is 0 Å². The molecule has 1 aromatic heterocycles. The van der Waals surface area contributed by atoms with Gasteiger partial charge in [-0.05, 0) is 19.9 Å². The van der Waals surface area contributed by atoms with E-state index in [0.717, 1.165) is 31.8 Å². The number of rotatable bonds is 4. The van der Waals surface area contributed by atoms with Crippen LogP contribution in [0, 0.1) is 11.6 Å². The molecular formula is C16H20F2N4O. The lowest BCUT2D eigenvalue weighted by Crippen LogP contribution is -2.49. The zero-order chi connectivity index (χ0) is 16.4. The Kier molecular flexibility index (Phi) is 4.41. The number of aromatic nitrogens is 2. The zero-order valence-corrected chi connectivity index (χ0v) is 13.3. The monoisotopic (exact) mass is 322 g/mol. The van der Waals surface area contributed by atoms with E-state index in [4.69, 9.17) is 4.74 Å². The molecule has 0 bridgehead atoms. The van der Waals surface area contributed by atoms with Gasteiger partial charge in [-0.15, -0.1) is 0 Å². The van der Waals surface area contributed by atoms with E-state index in [1.165, 1.54) is 6.33 Å². The van der Waals surface area contributed by atoms with E-state index in [-0.39, 0.29) is 5.60 Å². The quantitative estimate of drug-likeness (QED) is 0.937. The molecule has 1 fully saturated rings. The molecule has 124 valence electrons. The summed E-state index contributed by atoms with van der Waals surface area (Å²) < 4.78 is 32.4. The molecule has 0 saturated carbocycles. The van der Waals surface area contributed by atoms with Gasteiger partial charge in [0.25, 0.3) is 0 Å². The Morgan fingerprint density at radius 2 is 2.04 bits per heavy atom. The van der Waals surface area contributed by atoms with Crippen molar-refractivity contribution < 1.29 is 13.5 Å². The standard InChI is InChI=1S/C16H20F2N4O/c1-16(2)9-22(5-6-23-16)4-3-19-15-11-7-12(17)13(18)8-14(11)20-10-21-15/h7-8,10H,3-6,9H2,1-2H3,(H,19,20,21). The highest BCUT2D eigenvalue weighted by molar-refractivity contribution is 5.88. The van der Waals surface area contributed by atoms with Gasteiger partial charge in [-0.2, -0.15) is 0 Å². The second-order valence-electron chi connectivity index (χ2n) is 6.32. The van der Waals surface area contributed by atoms with Crippen molar-refractivity contribution in [1.29, 1.82) is 0 Å². The first-order valence-corrected chi connectivity index (χ1v) is 7.64. The van der Waals surface area contributed by atoms with Crippen molar-refractivity contribution in [3.05, 3.63) is 30.1 Å². The van der Waals surface area contributed by atoms with Gasteiger partial charge >= 0.3 is 0 Å². The van der Waals surface area contributed by atoms with Crippen LogP contribution in [0.2, 0.25) is 0 Å². The molecule has 0 atom stereocenters. The number of ether oxygens (including phenoxy) is 1. The normalized spacial score (nSPS) is 18.3. The number of benzene rings is 1. The van der Waals surface area contributed by atoms with Gasteiger partial charge in [-0.1, -0.05) is 0 Å². The van der Waals surface area contributed by atoms with Crippen LogP contribution in [0.4, 0.5) is 14.6 Å². The highest BCUT2D eigenvalue weighted by Gasteiger charge is 2.26. The van der Waals surface area contributed by atoms with Crippen molar-refractivity contribution in [3.8, 4) is 0 Å². The van der Waals surface area contributed by atoms with Crippen LogP contribution < -0.4 is 5.32 Å². The molecule has 0 amide bonds. The zero-order valence-electron chi connectivity index (χ0n) is 13.3. The molecule has 0 radical (unpaired) electrons. The summed E-state index contributed by atoms with van der Waals surface area (Å²) in [7, 11) is 0. The van der Waals surface area contributed by atoms with Crippen LogP contribution in [0.1, 0.15) is 13.8 Å². The highest BCUT2D eigenvalue weighted by Crippen LogP contribution is 2.22. The Labute approximate surface area is 133 Å². The maximum atomic E-state index is 13.4. The fraction of sp³-hybridized carbons (Fsp3) is 0.500. The van der Waals surface area contributed by atoms with Gasteiger partial charge in [0, 0.05) is 37.6 Å². The third-order valence-corrected chi connectivity index (χ3v) is 3.90. The molecule has 1 aliphatic heterocycles. The van der Waals surface area contributed by atoms with E-state index in [2.05, 4.69) is 34.0 Å². The van der Waals surface area contributed by atoms with Gasteiger partial charge in [0.2, 0.25) is 0 Å². The van der Waals surface area contributed by atoms with Crippen LogP contribution in [0.25, 0.3) is 10.9 Å². The predicted octanol–water partition coefficient (Wildman–Crippen LogP) is 2.43. The fourth-order valence-electron chi connectivity index (χ4n) is 2.83. The molecule has 7 heteroatoms. The molecule has 2 heterocycles. The molecular weight excluding hydrogens is 302 g/mol. The van der Waals surface area contributed by atoms with Crippen LogP contribution in [-0.4, -0.2) is 53.3 Å². The molecule has 1 aliphatic rings. The minimum absolute atomic E-state index is 0.138. The van der Waals surface area contributed by atoms with Crippen molar-refractivity contribution in [3.63, 3.8) is 0 Å². The first kappa shape index (κ1) is 16.0. The Hall–Kier alpha value is -1.86. The fourth-order valence-corrected chi connectivity index (χ4v) is 2.83. The average molecular weight is 322 g/mol. The SMILES string of the molecule is CC1(C)CN(CCNc2ncnc3cc(F)c(F)cc23)CCO1. The summed E-state index contributed by atoms with van der Waals surface area (Å²) in [4.78, 5) is 10.4. The Bertz CT molecular complexity index is 708. The van der Waals surface area contributed by atoms with E-state index < -0.39 is 11.6 Å². The second-order valence-corrected chi connectivity index (χ2v) is 6.32. The van der Waals surface area contributed by atoms with Gasteiger partial charge in [0.1, 0.15) is 12.1 Å². The van der Waals surface area contributed by atoms with Gasteiger partial charge in [0.15, 0.2) is 11.6 Å². The van der Waals surface area contributed by atoms with Crippen LogP contribution in [0.3, 0.4) is 0 Å². The van der Waals surface area contributed by atoms with Crippen molar-refractivity contribution in [2.24, 2.45) is 0 Å². The Balaban J connectivity index is 1.67. The molecule has 2 aromatic rings. The summed E-state index contributed by atoms with van der Waals surface area (Å²) in [6.45, 7) is 8.08. The molecule has 0 aliphatic carbocycles. The van der Waals surface area contributed by atoms with Crippen LogP contribution in [-0.2, 0) is 4.74 Å². The molecule has 3 rings (SSSR count). The van der Waals surface area contributed by atoms with Crippen LogP contribution >= 0.6 is 0 Å². The highest BCUT2D eigenvalue weighted by atomic mass is 19.2. The Morgan fingerprint density at radius 1 is 1.26 bits per heavy atom. The summed E-state index contributed by atoms with van der Waals surface area (Å²) in [5.41, 5.74) is 0.245. The number of fused-ring (bicyclic) bond motifs is 1. The maximum absolute atomic E-state index is 13.4. The third kappa shape index (κ3) is 3.73. The minimum atomic E-state index is -0.905. The van der Waals surface area contributed by atoms with Gasteiger partial charge in [0.05, 0.1) is 17.7 Å². The Morgan fingerprint density at radius 3 is 2.83 bits per heavy atom. The van der Waals surface area contributed by atoms with Crippen molar-refractivity contribution in [2.45, 2.75) is 19.4 Å². The summed E-state index contributed by atoms with van der Waals surface area (Å²) in [5.74, 6) is -1.29. The van der Waals surface area contributed by atoms with E-state index in [1.807, 2.05) is 0 Å². The summed E-state index contributed by atoms with van der Waals surface area (Å²) >= 11 is 0. The number of hydrogen-bond donors (Lipinski definition) is 1. The van der Waals surface area contributed by atoms with Gasteiger partial charge in [-0.3, -0.25) is 4.90 Å². The van der Waals surface area contributed by atoms with Crippen molar-refractivity contribution in [2.75, 3.05) is 38.1 Å². The summed E-state index contributed by atoms with van der Waals surface area (Å²) in [6, 6.07) is 2.22. The summed E-state index contributed by atoms with van der Waals surface area (Å²) in [6.07, 6.45) is 1.35. The summed E-state index contributed by atoms with van der Waals surface area (Å²) in [5, 5.41) is 3.67. The van der Waals surface area contributed by atoms with Gasteiger partial charge < -0.3 is 10.1 Å². The number of nitrogens with one attached hydrogen (secondary N) is 1. The number of morpholine rings is 1.